The lowest BCUT2D eigenvalue weighted by Gasteiger charge is -2.13. The molecule has 0 heterocycles. The molecule has 0 saturated heterocycles. The summed E-state index contributed by atoms with van der Waals surface area (Å²) in [6, 6.07) is 1.12. The Morgan fingerprint density at radius 1 is 1.47 bits per heavy atom. The summed E-state index contributed by atoms with van der Waals surface area (Å²) in [6.45, 7) is -0.0842. The minimum absolute atomic E-state index is 0.0842. The van der Waals surface area contributed by atoms with Gasteiger partial charge in [-0.05, 0) is 18.2 Å². The van der Waals surface area contributed by atoms with Crippen LogP contribution < -0.4 is 11.1 Å². The van der Waals surface area contributed by atoms with E-state index in [1.165, 1.54) is 7.11 Å². The Bertz CT molecular complexity index is 462. The maximum atomic E-state index is 13.0. The normalized spacial score (nSPS) is 13.2. The average molecular weight is 280 g/mol. The summed E-state index contributed by atoms with van der Waals surface area (Å²) < 4.78 is 55.0. The van der Waals surface area contributed by atoms with Crippen LogP contribution >= 0.6 is 0 Å². The Balaban J connectivity index is 2.89. The number of carbonyl (C=O) groups is 1. The van der Waals surface area contributed by atoms with Gasteiger partial charge in [0.15, 0.2) is 0 Å². The van der Waals surface area contributed by atoms with Gasteiger partial charge in [0.1, 0.15) is 11.9 Å². The Labute approximate surface area is 106 Å². The molecular formula is C11H12F4N2O2. The van der Waals surface area contributed by atoms with Gasteiger partial charge in [0, 0.05) is 12.8 Å². The average Bonchev–Trinajstić information content (AvgIpc) is 2.30. The van der Waals surface area contributed by atoms with E-state index in [2.05, 4.69) is 10.1 Å². The zero-order valence-corrected chi connectivity index (χ0v) is 9.92. The van der Waals surface area contributed by atoms with E-state index in [0.29, 0.717) is 12.1 Å². The van der Waals surface area contributed by atoms with E-state index in [4.69, 9.17) is 5.73 Å². The number of halogens is 4. The van der Waals surface area contributed by atoms with Crippen LogP contribution in [0.2, 0.25) is 0 Å². The van der Waals surface area contributed by atoms with Crippen molar-refractivity contribution in [3.8, 4) is 0 Å². The molecule has 0 spiro atoms. The lowest BCUT2D eigenvalue weighted by atomic mass is 10.1. The van der Waals surface area contributed by atoms with Crippen LogP contribution in [0.25, 0.3) is 0 Å². The number of carbonyl (C=O) groups excluding carboxylic acids is 1. The monoisotopic (exact) mass is 280 g/mol. The molecule has 19 heavy (non-hydrogen) atoms. The number of nitrogens with two attached hydrogens (primary N) is 1. The molecule has 0 bridgehead atoms. The van der Waals surface area contributed by atoms with Crippen molar-refractivity contribution < 1.29 is 27.1 Å². The quantitative estimate of drug-likeness (QED) is 0.826. The first kappa shape index (κ1) is 15.4. The Morgan fingerprint density at radius 2 is 2.11 bits per heavy atom. The summed E-state index contributed by atoms with van der Waals surface area (Å²) in [5, 5.41) is 2.16. The van der Waals surface area contributed by atoms with Crippen LogP contribution in [0.1, 0.15) is 5.56 Å². The van der Waals surface area contributed by atoms with E-state index in [9.17, 15) is 22.4 Å². The molecule has 1 aromatic carbocycles. The van der Waals surface area contributed by atoms with E-state index in [1.54, 1.807) is 0 Å². The number of ether oxygens (including phenoxy) is 1. The number of methoxy groups -OCH3 is 1. The lowest BCUT2D eigenvalue weighted by Crippen LogP contribution is -2.39. The minimum Gasteiger partial charge on any atom is -0.383 e. The Morgan fingerprint density at radius 3 is 2.63 bits per heavy atom. The molecule has 0 saturated carbocycles. The molecule has 4 nitrogen and oxygen atoms in total. The van der Waals surface area contributed by atoms with Gasteiger partial charge in [0.25, 0.3) is 0 Å². The van der Waals surface area contributed by atoms with E-state index < -0.39 is 29.5 Å². The molecule has 106 valence electrons. The molecule has 0 aliphatic carbocycles. The number of rotatable bonds is 4. The first-order chi connectivity index (χ1) is 8.75. The van der Waals surface area contributed by atoms with Crippen LogP contribution in [0.3, 0.4) is 0 Å². The van der Waals surface area contributed by atoms with Gasteiger partial charge in [0.05, 0.1) is 12.2 Å². The third-order valence-electron chi connectivity index (χ3n) is 2.22. The van der Waals surface area contributed by atoms with Gasteiger partial charge >= 0.3 is 6.18 Å². The Kier molecular flexibility index (Phi) is 4.84. The summed E-state index contributed by atoms with van der Waals surface area (Å²) in [4.78, 5) is 11.5. The van der Waals surface area contributed by atoms with Crippen LogP contribution in [0, 0.1) is 5.82 Å². The predicted molar refractivity (Wildman–Crippen MR) is 59.9 cm³/mol. The molecule has 1 atom stereocenters. The first-order valence-corrected chi connectivity index (χ1v) is 5.18. The highest BCUT2D eigenvalue weighted by Gasteiger charge is 2.34. The molecule has 0 aromatic heterocycles. The molecular weight excluding hydrogens is 268 g/mol. The zero-order valence-electron chi connectivity index (χ0n) is 9.92. The molecule has 0 fully saturated rings. The molecule has 1 amide bonds. The third-order valence-corrected chi connectivity index (χ3v) is 2.22. The number of alkyl halides is 3. The fourth-order valence-corrected chi connectivity index (χ4v) is 1.31. The van der Waals surface area contributed by atoms with Gasteiger partial charge in [-0.15, -0.1) is 0 Å². The highest BCUT2D eigenvalue weighted by molar-refractivity contribution is 5.94. The largest absolute Gasteiger partial charge is 0.419 e. The van der Waals surface area contributed by atoms with Crippen LogP contribution in [0.15, 0.2) is 18.2 Å². The van der Waals surface area contributed by atoms with E-state index in [-0.39, 0.29) is 12.3 Å². The van der Waals surface area contributed by atoms with Crippen LogP contribution in [-0.2, 0) is 15.7 Å². The van der Waals surface area contributed by atoms with Gasteiger partial charge in [-0.2, -0.15) is 13.2 Å². The Hall–Kier alpha value is -1.67. The molecule has 1 aromatic rings. The summed E-state index contributed by atoms with van der Waals surface area (Å²) in [5.41, 5.74) is 3.75. The molecule has 3 N–H and O–H groups in total. The fraction of sp³-hybridized carbons (Fsp3) is 0.364. The molecule has 0 radical (unpaired) electrons. The zero-order chi connectivity index (χ0) is 14.6. The van der Waals surface area contributed by atoms with Gasteiger partial charge in [-0.25, -0.2) is 4.39 Å². The van der Waals surface area contributed by atoms with Crippen molar-refractivity contribution in [3.63, 3.8) is 0 Å². The van der Waals surface area contributed by atoms with E-state index in [1.807, 2.05) is 0 Å². The summed E-state index contributed by atoms with van der Waals surface area (Å²) in [6.07, 6.45) is -4.83. The van der Waals surface area contributed by atoms with Crippen molar-refractivity contribution >= 4 is 11.6 Å². The van der Waals surface area contributed by atoms with E-state index in [0.717, 1.165) is 6.07 Å². The number of benzene rings is 1. The topological polar surface area (TPSA) is 64.3 Å². The second kappa shape index (κ2) is 5.98. The van der Waals surface area contributed by atoms with Gasteiger partial charge in [0.2, 0.25) is 5.91 Å². The van der Waals surface area contributed by atoms with Crippen molar-refractivity contribution in [2.45, 2.75) is 12.2 Å². The molecule has 1 rings (SSSR count). The van der Waals surface area contributed by atoms with Crippen molar-refractivity contribution in [1.82, 2.24) is 0 Å². The molecule has 0 aliphatic rings. The summed E-state index contributed by atoms with van der Waals surface area (Å²) in [7, 11) is 1.33. The second-order valence-corrected chi connectivity index (χ2v) is 3.74. The number of amides is 1. The number of hydrogen-bond donors (Lipinski definition) is 2. The van der Waals surface area contributed by atoms with Crippen LogP contribution in [-0.4, -0.2) is 25.7 Å². The third kappa shape index (κ3) is 4.18. The minimum atomic E-state index is -4.83. The van der Waals surface area contributed by atoms with Crippen molar-refractivity contribution in [1.29, 1.82) is 0 Å². The maximum absolute atomic E-state index is 13.0. The highest BCUT2D eigenvalue weighted by atomic mass is 19.4. The SMILES string of the molecule is COCC(N)C(=O)Nc1ccc(F)c(C(F)(F)F)c1. The van der Waals surface area contributed by atoms with Crippen molar-refractivity contribution in [2.75, 3.05) is 19.0 Å². The molecule has 1 unspecified atom stereocenters. The molecule has 0 aliphatic heterocycles. The lowest BCUT2D eigenvalue weighted by molar-refractivity contribution is -0.140. The second-order valence-electron chi connectivity index (χ2n) is 3.74. The number of hydrogen-bond acceptors (Lipinski definition) is 3. The summed E-state index contributed by atoms with van der Waals surface area (Å²) >= 11 is 0. The van der Waals surface area contributed by atoms with Crippen LogP contribution in [0.5, 0.6) is 0 Å². The van der Waals surface area contributed by atoms with Crippen molar-refractivity contribution in [3.05, 3.63) is 29.6 Å². The van der Waals surface area contributed by atoms with Crippen molar-refractivity contribution in [2.24, 2.45) is 5.73 Å². The number of anilines is 1. The smallest absolute Gasteiger partial charge is 0.383 e. The fourth-order valence-electron chi connectivity index (χ4n) is 1.31. The summed E-state index contributed by atoms with van der Waals surface area (Å²) in [5.74, 6) is -2.13. The molecule has 8 heteroatoms. The highest BCUT2D eigenvalue weighted by Crippen LogP contribution is 2.32. The standard InChI is InChI=1S/C11H12F4N2O2/c1-19-5-9(16)10(18)17-6-2-3-8(12)7(4-6)11(13,14)15/h2-4,9H,5,16H2,1H3,(H,17,18). The number of nitrogens with one attached hydrogen (secondary N) is 1. The van der Waals surface area contributed by atoms with Gasteiger partial charge in [-0.1, -0.05) is 0 Å². The first-order valence-electron chi connectivity index (χ1n) is 5.18. The maximum Gasteiger partial charge on any atom is 0.419 e. The van der Waals surface area contributed by atoms with Gasteiger partial charge in [-0.3, -0.25) is 4.79 Å². The van der Waals surface area contributed by atoms with Gasteiger partial charge < -0.3 is 15.8 Å². The predicted octanol–water partition coefficient (Wildman–Crippen LogP) is 1.76. The van der Waals surface area contributed by atoms with Crippen LogP contribution in [0.4, 0.5) is 23.2 Å². The van der Waals surface area contributed by atoms with E-state index >= 15 is 0 Å².